The van der Waals surface area contributed by atoms with E-state index in [4.69, 9.17) is 4.74 Å². The number of aliphatic carboxylic acids is 1. The van der Waals surface area contributed by atoms with E-state index in [-0.39, 0.29) is 13.2 Å². The first kappa shape index (κ1) is 12.2. The summed E-state index contributed by atoms with van der Waals surface area (Å²) in [6, 6.07) is -1.10. The number of amides is 1. The highest BCUT2D eigenvalue weighted by molar-refractivity contribution is 5.81. The molecule has 1 atom stereocenters. The van der Waals surface area contributed by atoms with Crippen LogP contribution in [0.15, 0.2) is 19.0 Å². The molecule has 1 aromatic heterocycles. The van der Waals surface area contributed by atoms with Gasteiger partial charge < -0.3 is 14.8 Å². The summed E-state index contributed by atoms with van der Waals surface area (Å²) in [5.41, 5.74) is 1.11. The van der Waals surface area contributed by atoms with Gasteiger partial charge in [-0.3, -0.25) is 4.90 Å². The lowest BCUT2D eigenvalue weighted by Gasteiger charge is -2.31. The molecule has 2 N–H and O–H groups in total. The molecule has 2 heterocycles. The molecule has 0 radical (unpaired) electrons. The molecule has 0 saturated heterocycles. The van der Waals surface area contributed by atoms with Gasteiger partial charge in [0, 0.05) is 18.7 Å². The molecule has 18 heavy (non-hydrogen) atoms. The van der Waals surface area contributed by atoms with E-state index in [2.05, 4.69) is 16.5 Å². The summed E-state index contributed by atoms with van der Waals surface area (Å²) in [4.78, 5) is 31.0. The minimum Gasteiger partial charge on any atom is -0.479 e. The summed E-state index contributed by atoms with van der Waals surface area (Å²) in [5, 5.41) is 9.22. The molecule has 0 spiro atoms. The topological polar surface area (TPSA) is 95.5 Å². The van der Waals surface area contributed by atoms with Gasteiger partial charge >= 0.3 is 12.1 Å². The van der Waals surface area contributed by atoms with Gasteiger partial charge in [0.1, 0.15) is 6.61 Å². The first-order valence-electron chi connectivity index (χ1n) is 5.44. The van der Waals surface area contributed by atoms with Crippen LogP contribution >= 0.6 is 0 Å². The predicted molar refractivity (Wildman–Crippen MR) is 60.9 cm³/mol. The third kappa shape index (κ3) is 2.06. The molecule has 0 aromatic carbocycles. The molecule has 0 bridgehead atoms. The maximum Gasteiger partial charge on any atom is 0.411 e. The van der Waals surface area contributed by atoms with Crippen LogP contribution in [0.5, 0.6) is 0 Å². The normalized spacial score (nSPS) is 18.0. The minimum absolute atomic E-state index is 0.0507. The van der Waals surface area contributed by atoms with Crippen LogP contribution in [0.1, 0.15) is 17.4 Å². The number of hydrogen-bond donors (Lipinski definition) is 2. The molecule has 1 aromatic rings. The minimum atomic E-state index is -1.13. The molecule has 7 nitrogen and oxygen atoms in total. The van der Waals surface area contributed by atoms with Gasteiger partial charge in [-0.05, 0) is 0 Å². The van der Waals surface area contributed by atoms with Crippen LogP contribution in [0.3, 0.4) is 0 Å². The van der Waals surface area contributed by atoms with E-state index in [1.165, 1.54) is 12.4 Å². The number of carboxylic acid groups (broad SMARTS) is 1. The number of imidazole rings is 1. The SMILES string of the molecule is C=CCOC(=O)N1CCc2[nH]cnc2C1C(=O)O. The van der Waals surface area contributed by atoms with Crippen molar-refractivity contribution >= 4 is 12.1 Å². The highest BCUT2D eigenvalue weighted by Crippen LogP contribution is 2.27. The number of H-pyrrole nitrogens is 1. The van der Waals surface area contributed by atoms with Crippen molar-refractivity contribution in [2.24, 2.45) is 0 Å². The Balaban J connectivity index is 2.24. The number of ether oxygens (including phenoxy) is 1. The zero-order valence-electron chi connectivity index (χ0n) is 9.63. The van der Waals surface area contributed by atoms with Crippen LogP contribution in [-0.4, -0.2) is 45.2 Å². The molecule has 2 rings (SSSR count). The molecule has 7 heteroatoms. The van der Waals surface area contributed by atoms with Crippen LogP contribution in [-0.2, 0) is 16.0 Å². The lowest BCUT2D eigenvalue weighted by molar-refractivity contribution is -0.143. The van der Waals surface area contributed by atoms with Crippen LogP contribution in [0.4, 0.5) is 4.79 Å². The third-order valence-electron chi connectivity index (χ3n) is 2.72. The fourth-order valence-electron chi connectivity index (χ4n) is 1.94. The highest BCUT2D eigenvalue weighted by atomic mass is 16.6. The number of hydrogen-bond acceptors (Lipinski definition) is 4. The zero-order valence-corrected chi connectivity index (χ0v) is 9.63. The number of rotatable bonds is 3. The van der Waals surface area contributed by atoms with Gasteiger partial charge in [-0.1, -0.05) is 12.7 Å². The van der Waals surface area contributed by atoms with E-state index < -0.39 is 18.1 Å². The van der Waals surface area contributed by atoms with E-state index in [1.54, 1.807) is 0 Å². The molecule has 96 valence electrons. The number of carbonyl (C=O) groups is 2. The smallest absolute Gasteiger partial charge is 0.411 e. The van der Waals surface area contributed by atoms with E-state index in [1.807, 2.05) is 0 Å². The van der Waals surface area contributed by atoms with Crippen LogP contribution in [0.2, 0.25) is 0 Å². The van der Waals surface area contributed by atoms with Crippen LogP contribution in [0, 0.1) is 0 Å². The van der Waals surface area contributed by atoms with Crippen LogP contribution in [0.25, 0.3) is 0 Å². The Morgan fingerprint density at radius 3 is 3.17 bits per heavy atom. The molecule has 0 saturated carbocycles. The second kappa shape index (κ2) is 4.91. The number of aromatic nitrogens is 2. The summed E-state index contributed by atoms with van der Waals surface area (Å²) in [5.74, 6) is -1.13. The summed E-state index contributed by atoms with van der Waals surface area (Å²) < 4.78 is 4.87. The second-order valence-corrected chi connectivity index (χ2v) is 3.82. The third-order valence-corrected chi connectivity index (χ3v) is 2.72. The number of nitrogens with one attached hydrogen (secondary N) is 1. The lowest BCUT2D eigenvalue weighted by Crippen LogP contribution is -2.44. The van der Waals surface area contributed by atoms with Crippen molar-refractivity contribution in [2.45, 2.75) is 12.5 Å². The number of fused-ring (bicyclic) bond motifs is 1. The van der Waals surface area contributed by atoms with Crippen molar-refractivity contribution in [1.29, 1.82) is 0 Å². The Morgan fingerprint density at radius 1 is 1.72 bits per heavy atom. The molecular formula is C11H13N3O4. The molecule has 1 unspecified atom stereocenters. The highest BCUT2D eigenvalue weighted by Gasteiger charge is 2.38. The van der Waals surface area contributed by atoms with Gasteiger partial charge in [0.25, 0.3) is 0 Å². The van der Waals surface area contributed by atoms with Gasteiger partial charge in [0.2, 0.25) is 0 Å². The Hall–Kier alpha value is -2.31. The average Bonchev–Trinajstić information content (AvgIpc) is 2.82. The first-order valence-corrected chi connectivity index (χ1v) is 5.44. The summed E-state index contributed by atoms with van der Waals surface area (Å²) >= 11 is 0. The Morgan fingerprint density at radius 2 is 2.50 bits per heavy atom. The Kier molecular flexibility index (Phi) is 3.31. The molecule has 0 fully saturated rings. The molecule has 1 aliphatic rings. The molecule has 1 aliphatic heterocycles. The standard InChI is InChI=1S/C11H13N3O4/c1-2-5-18-11(17)14-4-3-7-8(13-6-12-7)9(14)10(15)16/h2,6,9H,1,3-5H2,(H,12,13)(H,15,16). The molecular weight excluding hydrogens is 238 g/mol. The van der Waals surface area contributed by atoms with Gasteiger partial charge in [-0.2, -0.15) is 0 Å². The summed E-state index contributed by atoms with van der Waals surface area (Å²) in [6.45, 7) is 3.76. The maximum absolute atomic E-state index is 11.8. The van der Waals surface area contributed by atoms with Crippen LogP contribution < -0.4 is 0 Å². The first-order chi connectivity index (χ1) is 8.65. The van der Waals surface area contributed by atoms with E-state index in [0.29, 0.717) is 12.1 Å². The van der Waals surface area contributed by atoms with Crippen molar-refractivity contribution in [1.82, 2.24) is 14.9 Å². The molecule has 1 amide bonds. The number of aromatic amines is 1. The Bertz CT molecular complexity index is 482. The van der Waals surface area contributed by atoms with Crippen molar-refractivity contribution in [2.75, 3.05) is 13.2 Å². The zero-order chi connectivity index (χ0) is 13.1. The van der Waals surface area contributed by atoms with E-state index in [0.717, 1.165) is 10.6 Å². The van der Waals surface area contributed by atoms with Crippen molar-refractivity contribution in [3.63, 3.8) is 0 Å². The quantitative estimate of drug-likeness (QED) is 0.771. The fourth-order valence-corrected chi connectivity index (χ4v) is 1.94. The van der Waals surface area contributed by atoms with Crippen molar-refractivity contribution < 1.29 is 19.4 Å². The van der Waals surface area contributed by atoms with Gasteiger partial charge in [-0.25, -0.2) is 14.6 Å². The molecule has 0 aliphatic carbocycles. The monoisotopic (exact) mass is 251 g/mol. The number of carbonyl (C=O) groups excluding carboxylic acids is 1. The largest absolute Gasteiger partial charge is 0.479 e. The van der Waals surface area contributed by atoms with E-state index in [9.17, 15) is 14.7 Å². The summed E-state index contributed by atoms with van der Waals surface area (Å²) in [7, 11) is 0. The van der Waals surface area contributed by atoms with E-state index >= 15 is 0 Å². The van der Waals surface area contributed by atoms with Gasteiger partial charge in [-0.15, -0.1) is 0 Å². The fraction of sp³-hybridized carbons (Fsp3) is 0.364. The number of nitrogens with zero attached hydrogens (tertiary/aromatic N) is 2. The van der Waals surface area contributed by atoms with Crippen molar-refractivity contribution in [3.8, 4) is 0 Å². The van der Waals surface area contributed by atoms with Gasteiger partial charge in [0.15, 0.2) is 6.04 Å². The van der Waals surface area contributed by atoms with Crippen molar-refractivity contribution in [3.05, 3.63) is 30.4 Å². The Labute approximate surface area is 103 Å². The second-order valence-electron chi connectivity index (χ2n) is 3.82. The average molecular weight is 251 g/mol. The van der Waals surface area contributed by atoms with Gasteiger partial charge in [0.05, 0.1) is 12.0 Å². The summed E-state index contributed by atoms with van der Waals surface area (Å²) in [6.07, 6.45) is 2.72. The maximum atomic E-state index is 11.8. The predicted octanol–water partition coefficient (Wildman–Crippen LogP) is 0.716. The lowest BCUT2D eigenvalue weighted by atomic mass is 10.0. The number of carboxylic acids is 1.